The van der Waals surface area contributed by atoms with Crippen LogP contribution in [0.3, 0.4) is 0 Å². The summed E-state index contributed by atoms with van der Waals surface area (Å²) in [5, 5.41) is 11.0. The summed E-state index contributed by atoms with van der Waals surface area (Å²) < 4.78 is 0. The van der Waals surface area contributed by atoms with Crippen LogP contribution in [0.1, 0.15) is 30.6 Å². The maximum Gasteiger partial charge on any atom is 0.304 e. The number of hydrogen-bond donors (Lipinski definition) is 1. The number of amides is 1. The predicted octanol–water partition coefficient (Wildman–Crippen LogP) is 2.30. The van der Waals surface area contributed by atoms with Crippen molar-refractivity contribution < 1.29 is 9.72 Å². The number of carbonyl (C=O) groups is 1. The minimum absolute atomic E-state index is 0.00751. The molecule has 0 unspecified atom stereocenters. The molecule has 0 heterocycles. The molecule has 0 saturated heterocycles. The molecular formula is C13H19N3O3. The van der Waals surface area contributed by atoms with Crippen molar-refractivity contribution in [2.75, 3.05) is 19.3 Å². The van der Waals surface area contributed by atoms with E-state index in [0.29, 0.717) is 12.5 Å². The fraction of sp³-hybridized carbons (Fsp3) is 0.462. The highest BCUT2D eigenvalue weighted by Crippen LogP contribution is 2.26. The number of nitrogens with two attached hydrogens (primary N) is 1. The molecule has 1 rings (SSSR count). The molecule has 0 aliphatic carbocycles. The molecule has 6 heteroatoms. The average Bonchev–Trinajstić information content (AvgIpc) is 2.34. The molecule has 104 valence electrons. The fourth-order valence-electron chi connectivity index (χ4n) is 1.70. The van der Waals surface area contributed by atoms with Crippen LogP contribution in [0.15, 0.2) is 18.2 Å². The van der Waals surface area contributed by atoms with Gasteiger partial charge in [-0.25, -0.2) is 0 Å². The minimum Gasteiger partial charge on any atom is -0.393 e. The SMILES string of the molecule is CC(C)CCN(C)C(=O)c1cccc(N)c1[N+](=O)[O-]. The Morgan fingerprint density at radius 2 is 2.11 bits per heavy atom. The number of nitrogens with zero attached hydrogens (tertiary/aromatic N) is 2. The number of nitro benzene ring substituents is 1. The molecule has 0 aliphatic heterocycles. The van der Waals surface area contributed by atoms with Gasteiger partial charge >= 0.3 is 5.69 Å². The molecule has 0 aliphatic rings. The smallest absolute Gasteiger partial charge is 0.304 e. The van der Waals surface area contributed by atoms with Crippen LogP contribution < -0.4 is 5.73 Å². The molecule has 0 spiro atoms. The van der Waals surface area contributed by atoms with Crippen molar-refractivity contribution in [3.05, 3.63) is 33.9 Å². The van der Waals surface area contributed by atoms with Gasteiger partial charge in [0, 0.05) is 13.6 Å². The Labute approximate surface area is 112 Å². The van der Waals surface area contributed by atoms with E-state index in [1.165, 1.54) is 17.0 Å². The molecular weight excluding hydrogens is 246 g/mol. The van der Waals surface area contributed by atoms with Crippen LogP contribution in [0.4, 0.5) is 11.4 Å². The van der Waals surface area contributed by atoms with E-state index < -0.39 is 4.92 Å². The third kappa shape index (κ3) is 3.67. The highest BCUT2D eigenvalue weighted by Gasteiger charge is 2.25. The number of anilines is 1. The largest absolute Gasteiger partial charge is 0.393 e. The van der Waals surface area contributed by atoms with E-state index in [2.05, 4.69) is 13.8 Å². The molecule has 0 aromatic heterocycles. The van der Waals surface area contributed by atoms with E-state index in [9.17, 15) is 14.9 Å². The second-order valence-electron chi connectivity index (χ2n) is 4.91. The fourth-order valence-corrected chi connectivity index (χ4v) is 1.70. The van der Waals surface area contributed by atoms with Crippen LogP contribution in [-0.4, -0.2) is 29.3 Å². The van der Waals surface area contributed by atoms with Crippen molar-refractivity contribution >= 4 is 17.3 Å². The van der Waals surface area contributed by atoms with Crippen LogP contribution >= 0.6 is 0 Å². The first-order valence-electron chi connectivity index (χ1n) is 6.13. The zero-order valence-corrected chi connectivity index (χ0v) is 11.4. The minimum atomic E-state index is -0.612. The number of benzene rings is 1. The number of nitro groups is 1. The van der Waals surface area contributed by atoms with Crippen LogP contribution in [0.5, 0.6) is 0 Å². The Bertz CT molecular complexity index is 486. The highest BCUT2D eigenvalue weighted by atomic mass is 16.6. The standard InChI is InChI=1S/C13H19N3O3/c1-9(2)7-8-15(3)13(17)10-5-4-6-11(14)12(10)16(18)19/h4-6,9H,7-8,14H2,1-3H3. The van der Waals surface area contributed by atoms with Crippen molar-refractivity contribution in [3.8, 4) is 0 Å². The molecule has 1 aromatic rings. The van der Waals surface area contributed by atoms with E-state index in [4.69, 9.17) is 5.73 Å². The first-order chi connectivity index (χ1) is 8.84. The second kappa shape index (κ2) is 6.17. The lowest BCUT2D eigenvalue weighted by Crippen LogP contribution is -2.29. The van der Waals surface area contributed by atoms with Crippen LogP contribution in [0.2, 0.25) is 0 Å². The van der Waals surface area contributed by atoms with E-state index in [0.717, 1.165) is 6.42 Å². The lowest BCUT2D eigenvalue weighted by Gasteiger charge is -2.18. The van der Waals surface area contributed by atoms with E-state index >= 15 is 0 Å². The van der Waals surface area contributed by atoms with Crippen molar-refractivity contribution in [1.29, 1.82) is 0 Å². The summed E-state index contributed by atoms with van der Waals surface area (Å²) >= 11 is 0. The number of nitrogen functional groups attached to an aromatic ring is 1. The molecule has 0 saturated carbocycles. The Kier molecular flexibility index (Phi) is 4.86. The number of para-hydroxylation sites is 1. The zero-order valence-electron chi connectivity index (χ0n) is 11.4. The second-order valence-corrected chi connectivity index (χ2v) is 4.91. The van der Waals surface area contributed by atoms with Gasteiger partial charge in [0.15, 0.2) is 0 Å². The first kappa shape index (κ1) is 14.9. The number of carbonyl (C=O) groups excluding carboxylic acids is 1. The van der Waals surface area contributed by atoms with Gasteiger partial charge in [0.05, 0.1) is 4.92 Å². The molecule has 6 nitrogen and oxygen atoms in total. The first-order valence-corrected chi connectivity index (χ1v) is 6.13. The number of rotatable bonds is 5. The van der Waals surface area contributed by atoms with Crippen LogP contribution in [0.25, 0.3) is 0 Å². The Morgan fingerprint density at radius 1 is 1.47 bits per heavy atom. The maximum atomic E-state index is 12.2. The normalized spacial score (nSPS) is 10.5. The van der Waals surface area contributed by atoms with Crippen LogP contribution in [0, 0.1) is 16.0 Å². The topological polar surface area (TPSA) is 89.5 Å². The van der Waals surface area contributed by atoms with Crippen molar-refractivity contribution in [2.24, 2.45) is 5.92 Å². The summed E-state index contributed by atoms with van der Waals surface area (Å²) in [5.74, 6) is 0.0886. The van der Waals surface area contributed by atoms with E-state index in [-0.39, 0.29) is 22.8 Å². The van der Waals surface area contributed by atoms with E-state index in [1.54, 1.807) is 13.1 Å². The molecule has 2 N–H and O–H groups in total. The summed E-state index contributed by atoms with van der Waals surface area (Å²) in [4.78, 5) is 24.1. The lowest BCUT2D eigenvalue weighted by atomic mass is 10.1. The van der Waals surface area contributed by atoms with Gasteiger partial charge in [0.1, 0.15) is 11.3 Å². The molecule has 1 amide bonds. The maximum absolute atomic E-state index is 12.2. The zero-order chi connectivity index (χ0) is 14.6. The van der Waals surface area contributed by atoms with Gasteiger partial charge in [0.2, 0.25) is 0 Å². The summed E-state index contributed by atoms with van der Waals surface area (Å²) in [6.45, 7) is 4.67. The molecule has 0 atom stereocenters. The number of hydrogen-bond acceptors (Lipinski definition) is 4. The summed E-state index contributed by atoms with van der Waals surface area (Å²) in [6.07, 6.45) is 0.846. The van der Waals surface area contributed by atoms with Crippen molar-refractivity contribution in [1.82, 2.24) is 4.90 Å². The lowest BCUT2D eigenvalue weighted by molar-refractivity contribution is -0.384. The van der Waals surface area contributed by atoms with Crippen LogP contribution in [-0.2, 0) is 0 Å². The summed E-state index contributed by atoms with van der Waals surface area (Å²) in [6, 6.07) is 4.40. The van der Waals surface area contributed by atoms with Gasteiger partial charge in [-0.15, -0.1) is 0 Å². The van der Waals surface area contributed by atoms with Gasteiger partial charge in [0.25, 0.3) is 5.91 Å². The third-order valence-corrected chi connectivity index (χ3v) is 2.87. The molecule has 0 fully saturated rings. The molecule has 0 bridgehead atoms. The quantitative estimate of drug-likeness (QED) is 0.502. The Morgan fingerprint density at radius 3 is 2.63 bits per heavy atom. The molecule has 0 radical (unpaired) electrons. The van der Waals surface area contributed by atoms with Gasteiger partial charge in [-0.1, -0.05) is 19.9 Å². The van der Waals surface area contributed by atoms with Gasteiger partial charge in [-0.05, 0) is 24.5 Å². The van der Waals surface area contributed by atoms with Gasteiger partial charge in [-0.3, -0.25) is 14.9 Å². The highest BCUT2D eigenvalue weighted by molar-refractivity contribution is 6.00. The third-order valence-electron chi connectivity index (χ3n) is 2.87. The summed E-state index contributed by atoms with van der Waals surface area (Å²) in [7, 11) is 1.64. The van der Waals surface area contributed by atoms with Gasteiger partial charge in [-0.2, -0.15) is 0 Å². The van der Waals surface area contributed by atoms with Gasteiger partial charge < -0.3 is 10.6 Å². The molecule has 19 heavy (non-hydrogen) atoms. The monoisotopic (exact) mass is 265 g/mol. The van der Waals surface area contributed by atoms with Crippen molar-refractivity contribution in [2.45, 2.75) is 20.3 Å². The van der Waals surface area contributed by atoms with E-state index in [1.807, 2.05) is 0 Å². The molecule has 1 aromatic carbocycles. The predicted molar refractivity (Wildman–Crippen MR) is 73.9 cm³/mol. The van der Waals surface area contributed by atoms with Crippen molar-refractivity contribution in [3.63, 3.8) is 0 Å². The Hall–Kier alpha value is -2.11. The Balaban J connectivity index is 2.99. The summed E-state index contributed by atoms with van der Waals surface area (Å²) in [5.41, 5.74) is 5.30. The average molecular weight is 265 g/mol.